The molecule has 3 heteroatoms. The second-order valence-electron chi connectivity index (χ2n) is 6.41. The van der Waals surface area contributed by atoms with E-state index in [0.717, 1.165) is 24.9 Å². The second-order valence-corrected chi connectivity index (χ2v) is 7.49. The Labute approximate surface area is 148 Å². The van der Waals surface area contributed by atoms with Gasteiger partial charge < -0.3 is 4.98 Å². The smallest absolute Gasteiger partial charge is 0.133 e. The number of allylic oxidation sites excluding steroid dienone is 2. The Bertz CT molecular complexity index is 841. The van der Waals surface area contributed by atoms with Crippen LogP contribution in [0.5, 0.6) is 0 Å². The third-order valence-electron chi connectivity index (χ3n) is 4.36. The summed E-state index contributed by atoms with van der Waals surface area (Å²) in [7, 11) is 0. The Morgan fingerprint density at radius 1 is 1.29 bits per heavy atom. The van der Waals surface area contributed by atoms with Gasteiger partial charge >= 0.3 is 0 Å². The minimum absolute atomic E-state index is 0.889. The summed E-state index contributed by atoms with van der Waals surface area (Å²) in [4.78, 5) is 10.9. The van der Waals surface area contributed by atoms with E-state index < -0.39 is 0 Å². The third kappa shape index (κ3) is 3.84. The highest BCUT2D eigenvalue weighted by atomic mass is 32.2. The summed E-state index contributed by atoms with van der Waals surface area (Å²) in [6.45, 7) is 7.47. The van der Waals surface area contributed by atoms with Crippen molar-refractivity contribution >= 4 is 23.4 Å². The maximum Gasteiger partial charge on any atom is 0.133 e. The summed E-state index contributed by atoms with van der Waals surface area (Å²) in [6.07, 6.45) is 9.35. The van der Waals surface area contributed by atoms with Crippen LogP contribution in [0.3, 0.4) is 0 Å². The van der Waals surface area contributed by atoms with Crippen molar-refractivity contribution in [1.29, 1.82) is 0 Å². The number of nitrogens with zero attached hydrogens (tertiary/aromatic N) is 1. The van der Waals surface area contributed by atoms with Gasteiger partial charge in [-0.15, -0.1) is 0 Å². The van der Waals surface area contributed by atoms with Gasteiger partial charge in [-0.1, -0.05) is 61.4 Å². The standard InChI is InChI=1S/C21H26N2S/c1-4-5-6-8-16(3)19-20(18-9-7-14-22-21(18)23-19)24-17-12-10-15(2)11-13-17/h8-13H,4-7,14H2,1-3H3,(H,22,23)/b16-8+. The van der Waals surface area contributed by atoms with E-state index in [1.807, 2.05) is 11.8 Å². The molecule has 0 radical (unpaired) electrons. The molecule has 1 aliphatic heterocycles. The molecule has 0 saturated carbocycles. The maximum absolute atomic E-state index is 4.68. The van der Waals surface area contributed by atoms with Gasteiger partial charge in [0.2, 0.25) is 0 Å². The highest BCUT2D eigenvalue weighted by Gasteiger charge is 2.14. The number of hydrogen-bond acceptors (Lipinski definition) is 2. The molecule has 1 aliphatic rings. The van der Waals surface area contributed by atoms with Crippen molar-refractivity contribution in [1.82, 2.24) is 4.98 Å². The van der Waals surface area contributed by atoms with Crippen molar-refractivity contribution in [2.24, 2.45) is 4.99 Å². The molecule has 0 atom stereocenters. The average molecular weight is 339 g/mol. The lowest BCUT2D eigenvalue weighted by Gasteiger charge is -2.06. The van der Waals surface area contributed by atoms with Crippen molar-refractivity contribution in [3.63, 3.8) is 0 Å². The van der Waals surface area contributed by atoms with E-state index in [1.165, 1.54) is 44.7 Å². The molecule has 0 bridgehead atoms. The quantitative estimate of drug-likeness (QED) is 0.748. The summed E-state index contributed by atoms with van der Waals surface area (Å²) in [5, 5.41) is 1.28. The molecule has 1 N–H and O–H groups in total. The fraction of sp³-hybridized carbons (Fsp3) is 0.381. The Morgan fingerprint density at radius 3 is 2.83 bits per heavy atom. The predicted octanol–water partition coefficient (Wildman–Crippen LogP) is 4.87. The first-order chi connectivity index (χ1) is 11.7. The zero-order chi connectivity index (χ0) is 16.9. The number of aromatic amines is 1. The Morgan fingerprint density at radius 2 is 2.08 bits per heavy atom. The SMILES string of the molecule is CCCC/C=C(\C)c1[nH]c2c(c1Sc1ccc(C)cc1)=CCCN=2. The van der Waals surface area contributed by atoms with E-state index in [-0.39, 0.29) is 0 Å². The van der Waals surface area contributed by atoms with Crippen molar-refractivity contribution in [3.05, 3.63) is 52.3 Å². The van der Waals surface area contributed by atoms with Crippen LogP contribution >= 0.6 is 11.8 Å². The molecule has 0 spiro atoms. The van der Waals surface area contributed by atoms with Gasteiger partial charge in [0.1, 0.15) is 5.49 Å². The molecular weight excluding hydrogens is 312 g/mol. The Kier molecular flexibility index (Phi) is 5.62. The summed E-state index contributed by atoms with van der Waals surface area (Å²) >= 11 is 1.85. The molecule has 0 amide bonds. The number of fused-ring (bicyclic) bond motifs is 1. The maximum atomic E-state index is 4.68. The lowest BCUT2D eigenvalue weighted by Crippen LogP contribution is -2.27. The van der Waals surface area contributed by atoms with E-state index in [1.54, 1.807) is 0 Å². The van der Waals surface area contributed by atoms with E-state index in [4.69, 9.17) is 0 Å². The molecule has 2 aromatic rings. The van der Waals surface area contributed by atoms with Gasteiger partial charge in [-0.05, 0) is 44.4 Å². The molecule has 0 saturated heterocycles. The fourth-order valence-corrected chi connectivity index (χ4v) is 4.03. The van der Waals surface area contributed by atoms with Crippen LogP contribution in [0.15, 0.2) is 45.1 Å². The number of rotatable bonds is 6. The summed E-state index contributed by atoms with van der Waals surface area (Å²) in [5.74, 6) is 0. The number of aromatic nitrogens is 1. The largest absolute Gasteiger partial charge is 0.339 e. The average Bonchev–Trinajstić information content (AvgIpc) is 2.96. The van der Waals surface area contributed by atoms with Crippen molar-refractivity contribution in [2.75, 3.05) is 6.54 Å². The normalized spacial score (nSPS) is 14.0. The van der Waals surface area contributed by atoms with Crippen LogP contribution in [0.25, 0.3) is 11.6 Å². The summed E-state index contributed by atoms with van der Waals surface area (Å²) in [6, 6.07) is 8.77. The van der Waals surface area contributed by atoms with Crippen LogP contribution in [0, 0.1) is 6.92 Å². The topological polar surface area (TPSA) is 28.1 Å². The molecule has 0 aliphatic carbocycles. The van der Waals surface area contributed by atoms with Gasteiger partial charge in [-0.25, -0.2) is 0 Å². The molecule has 0 unspecified atom stereocenters. The molecule has 2 nitrogen and oxygen atoms in total. The first-order valence-corrected chi connectivity index (χ1v) is 9.69. The third-order valence-corrected chi connectivity index (χ3v) is 5.50. The van der Waals surface area contributed by atoms with Gasteiger partial charge in [0.15, 0.2) is 0 Å². The molecule has 2 heterocycles. The highest BCUT2D eigenvalue weighted by molar-refractivity contribution is 7.99. The van der Waals surface area contributed by atoms with Crippen molar-refractivity contribution in [3.8, 4) is 0 Å². The fourth-order valence-electron chi connectivity index (χ4n) is 2.92. The molecule has 3 rings (SSSR count). The number of nitrogens with one attached hydrogen (secondary N) is 1. The predicted molar refractivity (Wildman–Crippen MR) is 104 cm³/mol. The monoisotopic (exact) mass is 338 g/mol. The number of unbranched alkanes of at least 4 members (excludes halogenated alkanes) is 2. The van der Waals surface area contributed by atoms with Crippen molar-refractivity contribution < 1.29 is 0 Å². The van der Waals surface area contributed by atoms with E-state index >= 15 is 0 Å². The first kappa shape index (κ1) is 17.1. The minimum atomic E-state index is 0.889. The Balaban J connectivity index is 2.01. The van der Waals surface area contributed by atoms with Gasteiger partial charge in [0, 0.05) is 21.6 Å². The first-order valence-electron chi connectivity index (χ1n) is 8.87. The van der Waals surface area contributed by atoms with Crippen LogP contribution in [0.4, 0.5) is 0 Å². The molecule has 1 aromatic carbocycles. The molecule has 126 valence electrons. The minimum Gasteiger partial charge on any atom is -0.339 e. The number of aryl methyl sites for hydroxylation is 1. The number of hydrogen-bond donors (Lipinski definition) is 1. The van der Waals surface area contributed by atoms with Crippen LogP contribution < -0.4 is 10.7 Å². The van der Waals surface area contributed by atoms with Crippen LogP contribution in [-0.2, 0) is 0 Å². The van der Waals surface area contributed by atoms with Gasteiger partial charge in [0.25, 0.3) is 0 Å². The van der Waals surface area contributed by atoms with Gasteiger partial charge in [-0.3, -0.25) is 4.99 Å². The summed E-state index contributed by atoms with van der Waals surface area (Å²) in [5.41, 5.74) is 4.92. The zero-order valence-electron chi connectivity index (χ0n) is 14.9. The van der Waals surface area contributed by atoms with Crippen molar-refractivity contribution in [2.45, 2.75) is 56.2 Å². The van der Waals surface area contributed by atoms with Gasteiger partial charge in [0.05, 0.1) is 5.69 Å². The second kappa shape index (κ2) is 7.89. The Hall–Kier alpha value is -1.74. The lowest BCUT2D eigenvalue weighted by molar-refractivity contribution is 0.815. The molecule has 24 heavy (non-hydrogen) atoms. The summed E-state index contributed by atoms with van der Waals surface area (Å²) < 4.78 is 0. The van der Waals surface area contributed by atoms with E-state index in [2.05, 4.69) is 67.2 Å². The molecule has 1 aromatic heterocycles. The van der Waals surface area contributed by atoms with Crippen LogP contribution in [-0.4, -0.2) is 11.5 Å². The van der Waals surface area contributed by atoms with E-state index in [0.29, 0.717) is 0 Å². The number of H-pyrrole nitrogens is 1. The lowest BCUT2D eigenvalue weighted by atomic mass is 10.1. The van der Waals surface area contributed by atoms with Crippen LogP contribution in [0.1, 0.15) is 50.8 Å². The highest BCUT2D eigenvalue weighted by Crippen LogP contribution is 2.30. The number of benzene rings is 1. The zero-order valence-corrected chi connectivity index (χ0v) is 15.7. The molecular formula is C21H26N2S. The van der Waals surface area contributed by atoms with Gasteiger partial charge in [-0.2, -0.15) is 0 Å². The van der Waals surface area contributed by atoms with E-state index in [9.17, 15) is 0 Å². The molecule has 0 fully saturated rings. The van der Waals surface area contributed by atoms with Crippen LogP contribution in [0.2, 0.25) is 0 Å².